The van der Waals surface area contributed by atoms with Crippen molar-refractivity contribution in [1.82, 2.24) is 0 Å². The maximum absolute atomic E-state index is 12.5. The SMILES string of the molecule is CCOc1ccc2c(c1)SC(=Cc1ccc(N(C)C)cc1)C2=O. The summed E-state index contributed by atoms with van der Waals surface area (Å²) in [5, 5.41) is 0. The second kappa shape index (κ2) is 6.50. The number of fused-ring (bicyclic) bond motifs is 1. The number of hydrogen-bond donors (Lipinski definition) is 0. The summed E-state index contributed by atoms with van der Waals surface area (Å²) < 4.78 is 5.51. The Kier molecular flexibility index (Phi) is 4.44. The molecule has 0 aliphatic carbocycles. The van der Waals surface area contributed by atoms with Crippen molar-refractivity contribution in [2.75, 3.05) is 25.6 Å². The van der Waals surface area contributed by atoms with Crippen molar-refractivity contribution in [2.45, 2.75) is 11.8 Å². The third kappa shape index (κ3) is 3.27. The molecule has 0 unspecified atom stereocenters. The molecule has 4 heteroatoms. The van der Waals surface area contributed by atoms with Crippen LogP contribution in [0.25, 0.3) is 6.08 Å². The van der Waals surface area contributed by atoms with Gasteiger partial charge in [0.25, 0.3) is 0 Å². The lowest BCUT2D eigenvalue weighted by Crippen LogP contribution is -2.07. The molecule has 0 aromatic heterocycles. The van der Waals surface area contributed by atoms with E-state index in [-0.39, 0.29) is 5.78 Å². The molecule has 3 nitrogen and oxygen atoms in total. The Morgan fingerprint density at radius 1 is 1.13 bits per heavy atom. The number of benzene rings is 2. The topological polar surface area (TPSA) is 29.5 Å². The molecule has 118 valence electrons. The van der Waals surface area contributed by atoms with Gasteiger partial charge < -0.3 is 9.64 Å². The number of allylic oxidation sites excluding steroid dienone is 1. The average molecular weight is 325 g/mol. The highest BCUT2D eigenvalue weighted by atomic mass is 32.2. The standard InChI is InChI=1S/C19H19NO2S/c1-4-22-15-9-10-16-17(12-15)23-18(19(16)21)11-13-5-7-14(8-6-13)20(2)3/h5-12H,4H2,1-3H3. The van der Waals surface area contributed by atoms with Crippen LogP contribution in [-0.4, -0.2) is 26.5 Å². The number of carbonyl (C=O) groups excluding carboxylic acids is 1. The summed E-state index contributed by atoms with van der Waals surface area (Å²) >= 11 is 1.51. The van der Waals surface area contributed by atoms with Crippen molar-refractivity contribution in [1.29, 1.82) is 0 Å². The number of ketones is 1. The molecular formula is C19H19NO2S. The van der Waals surface area contributed by atoms with Gasteiger partial charge in [0.15, 0.2) is 0 Å². The molecule has 0 atom stereocenters. The first-order chi connectivity index (χ1) is 11.1. The van der Waals surface area contributed by atoms with Crippen molar-refractivity contribution in [3.8, 4) is 5.75 Å². The van der Waals surface area contributed by atoms with Crippen molar-refractivity contribution in [3.05, 3.63) is 58.5 Å². The third-order valence-electron chi connectivity index (χ3n) is 3.66. The molecule has 2 aromatic carbocycles. The lowest BCUT2D eigenvalue weighted by molar-refractivity contribution is 0.104. The van der Waals surface area contributed by atoms with E-state index in [2.05, 4.69) is 17.0 Å². The Morgan fingerprint density at radius 2 is 1.87 bits per heavy atom. The summed E-state index contributed by atoms with van der Waals surface area (Å²) in [4.78, 5) is 16.3. The summed E-state index contributed by atoms with van der Waals surface area (Å²) in [6.45, 7) is 2.58. The van der Waals surface area contributed by atoms with Crippen LogP contribution in [0.4, 0.5) is 5.69 Å². The Balaban J connectivity index is 1.85. The predicted octanol–water partition coefficient (Wildman–Crippen LogP) is 4.48. The summed E-state index contributed by atoms with van der Waals surface area (Å²) in [6.07, 6.45) is 1.95. The van der Waals surface area contributed by atoms with E-state index >= 15 is 0 Å². The van der Waals surface area contributed by atoms with Gasteiger partial charge in [0.2, 0.25) is 5.78 Å². The summed E-state index contributed by atoms with van der Waals surface area (Å²) in [6, 6.07) is 13.8. The number of hydrogen-bond acceptors (Lipinski definition) is 4. The van der Waals surface area contributed by atoms with Crippen LogP contribution >= 0.6 is 11.8 Å². The molecule has 0 spiro atoms. The fraction of sp³-hybridized carbons (Fsp3) is 0.211. The maximum atomic E-state index is 12.5. The average Bonchev–Trinajstić information content (AvgIpc) is 2.84. The van der Waals surface area contributed by atoms with Crippen molar-refractivity contribution in [2.24, 2.45) is 0 Å². The lowest BCUT2D eigenvalue weighted by Gasteiger charge is -2.11. The van der Waals surface area contributed by atoms with Gasteiger partial charge >= 0.3 is 0 Å². The van der Waals surface area contributed by atoms with Gasteiger partial charge in [0.1, 0.15) is 5.75 Å². The molecule has 1 heterocycles. The fourth-order valence-electron chi connectivity index (χ4n) is 2.44. The molecule has 0 radical (unpaired) electrons. The first-order valence-corrected chi connectivity index (χ1v) is 8.38. The molecule has 0 amide bonds. The van der Waals surface area contributed by atoms with Gasteiger partial charge in [-0.15, -0.1) is 0 Å². The monoisotopic (exact) mass is 325 g/mol. The second-order valence-corrected chi connectivity index (χ2v) is 6.60. The molecule has 0 bridgehead atoms. The number of ether oxygens (including phenoxy) is 1. The van der Waals surface area contributed by atoms with Crippen LogP contribution in [0.1, 0.15) is 22.8 Å². The zero-order chi connectivity index (χ0) is 16.4. The molecule has 23 heavy (non-hydrogen) atoms. The van der Waals surface area contributed by atoms with E-state index in [9.17, 15) is 4.79 Å². The first-order valence-electron chi connectivity index (χ1n) is 7.57. The molecule has 1 aliphatic rings. The van der Waals surface area contributed by atoms with Crippen molar-refractivity contribution < 1.29 is 9.53 Å². The molecular weight excluding hydrogens is 306 g/mol. The van der Waals surface area contributed by atoms with E-state index in [1.807, 2.05) is 57.4 Å². The second-order valence-electron chi connectivity index (χ2n) is 5.52. The smallest absolute Gasteiger partial charge is 0.200 e. The van der Waals surface area contributed by atoms with E-state index in [0.717, 1.165) is 32.4 Å². The van der Waals surface area contributed by atoms with Crippen molar-refractivity contribution in [3.63, 3.8) is 0 Å². The minimum absolute atomic E-state index is 0.0877. The highest BCUT2D eigenvalue weighted by Crippen LogP contribution is 2.42. The lowest BCUT2D eigenvalue weighted by atomic mass is 10.1. The zero-order valence-electron chi connectivity index (χ0n) is 13.5. The van der Waals surface area contributed by atoms with Gasteiger partial charge in [-0.05, 0) is 48.9 Å². The fourth-order valence-corrected chi connectivity index (χ4v) is 3.52. The Bertz CT molecular complexity index is 763. The minimum atomic E-state index is 0.0877. The molecule has 0 saturated heterocycles. The van der Waals surface area contributed by atoms with Gasteiger partial charge in [-0.25, -0.2) is 0 Å². The highest BCUT2D eigenvalue weighted by molar-refractivity contribution is 8.04. The largest absolute Gasteiger partial charge is 0.494 e. The Labute approximate surface area is 141 Å². The molecule has 0 fully saturated rings. The van der Waals surface area contributed by atoms with Gasteiger partial charge in [-0.3, -0.25) is 4.79 Å². The number of thioether (sulfide) groups is 1. The number of Topliss-reactive ketones (excluding diaryl/α,β-unsaturated/α-hetero) is 1. The van der Waals surface area contributed by atoms with Crippen LogP contribution in [0, 0.1) is 0 Å². The normalized spacial score (nSPS) is 14.9. The molecule has 2 aromatic rings. The molecule has 0 saturated carbocycles. The summed E-state index contributed by atoms with van der Waals surface area (Å²) in [7, 11) is 4.02. The molecule has 0 N–H and O–H groups in total. The van der Waals surface area contributed by atoms with E-state index in [0.29, 0.717) is 6.61 Å². The zero-order valence-corrected chi connectivity index (χ0v) is 14.3. The van der Waals surface area contributed by atoms with Crippen LogP contribution in [0.5, 0.6) is 5.75 Å². The van der Waals surface area contributed by atoms with Crippen LogP contribution in [0.15, 0.2) is 52.3 Å². The number of nitrogens with zero attached hydrogens (tertiary/aromatic N) is 1. The van der Waals surface area contributed by atoms with E-state index in [1.54, 1.807) is 0 Å². The Hall–Kier alpha value is -2.20. The van der Waals surface area contributed by atoms with Crippen LogP contribution in [-0.2, 0) is 0 Å². The van der Waals surface area contributed by atoms with Crippen LogP contribution < -0.4 is 9.64 Å². The summed E-state index contributed by atoms with van der Waals surface area (Å²) in [5.74, 6) is 0.896. The highest BCUT2D eigenvalue weighted by Gasteiger charge is 2.26. The van der Waals surface area contributed by atoms with E-state index < -0.39 is 0 Å². The third-order valence-corrected chi connectivity index (χ3v) is 4.74. The number of anilines is 1. The van der Waals surface area contributed by atoms with Gasteiger partial charge in [0, 0.05) is 30.2 Å². The Morgan fingerprint density at radius 3 is 2.52 bits per heavy atom. The van der Waals surface area contributed by atoms with Gasteiger partial charge in [0.05, 0.1) is 11.5 Å². The van der Waals surface area contributed by atoms with Gasteiger partial charge in [-0.2, -0.15) is 0 Å². The molecule has 1 aliphatic heterocycles. The first kappa shape index (κ1) is 15.7. The number of rotatable bonds is 4. The van der Waals surface area contributed by atoms with Crippen LogP contribution in [0.2, 0.25) is 0 Å². The van der Waals surface area contributed by atoms with E-state index in [1.165, 1.54) is 11.8 Å². The number of carbonyl (C=O) groups is 1. The maximum Gasteiger partial charge on any atom is 0.200 e. The van der Waals surface area contributed by atoms with E-state index in [4.69, 9.17) is 4.74 Å². The predicted molar refractivity (Wildman–Crippen MR) is 96.5 cm³/mol. The van der Waals surface area contributed by atoms with Crippen LogP contribution in [0.3, 0.4) is 0 Å². The van der Waals surface area contributed by atoms with Crippen molar-refractivity contribution >= 4 is 29.3 Å². The quantitative estimate of drug-likeness (QED) is 0.775. The van der Waals surface area contributed by atoms with Gasteiger partial charge in [-0.1, -0.05) is 23.9 Å². The summed E-state index contributed by atoms with van der Waals surface area (Å²) in [5.41, 5.74) is 2.93. The minimum Gasteiger partial charge on any atom is -0.494 e. The molecule has 3 rings (SSSR count).